The van der Waals surface area contributed by atoms with Gasteiger partial charge in [0.25, 0.3) is 0 Å². The fraction of sp³-hybridized carbons (Fsp3) is 0.0526. The number of aliphatic imine (C=N–C) groups is 1. The standard InChI is InChI=1S/C19H14BrNO3/c1-2-10-23-16-8-6-13(7-9-16)11-17-19(22)24-18(21-17)14-4-3-5-15(20)12-14/h2-9,11-12H,1,10H2. The molecule has 0 N–H and O–H groups in total. The highest BCUT2D eigenvalue weighted by atomic mass is 79.9. The molecule has 0 aliphatic carbocycles. The molecule has 0 amide bonds. The number of rotatable bonds is 5. The van der Waals surface area contributed by atoms with Crippen molar-refractivity contribution in [2.75, 3.05) is 6.61 Å². The summed E-state index contributed by atoms with van der Waals surface area (Å²) < 4.78 is 11.6. The quantitative estimate of drug-likeness (QED) is 0.437. The highest BCUT2D eigenvalue weighted by molar-refractivity contribution is 9.10. The van der Waals surface area contributed by atoms with Crippen molar-refractivity contribution in [1.82, 2.24) is 0 Å². The van der Waals surface area contributed by atoms with Gasteiger partial charge in [-0.15, -0.1) is 0 Å². The number of halogens is 1. The van der Waals surface area contributed by atoms with E-state index >= 15 is 0 Å². The highest BCUT2D eigenvalue weighted by Gasteiger charge is 2.24. The minimum Gasteiger partial charge on any atom is -0.490 e. The van der Waals surface area contributed by atoms with Crippen molar-refractivity contribution in [3.63, 3.8) is 0 Å². The Labute approximate surface area is 148 Å². The van der Waals surface area contributed by atoms with Gasteiger partial charge in [0.15, 0.2) is 5.70 Å². The second-order valence-corrected chi connectivity index (χ2v) is 5.93. The van der Waals surface area contributed by atoms with Crippen LogP contribution in [0.4, 0.5) is 0 Å². The predicted octanol–water partition coefficient (Wildman–Crippen LogP) is 4.36. The molecular weight excluding hydrogens is 370 g/mol. The minimum atomic E-state index is -0.461. The van der Waals surface area contributed by atoms with Gasteiger partial charge < -0.3 is 9.47 Å². The summed E-state index contributed by atoms with van der Waals surface area (Å²) in [6, 6.07) is 14.8. The third-order valence-electron chi connectivity index (χ3n) is 3.24. The summed E-state index contributed by atoms with van der Waals surface area (Å²) in [5.74, 6) is 0.583. The van der Waals surface area contributed by atoms with Crippen molar-refractivity contribution in [2.24, 2.45) is 4.99 Å². The van der Waals surface area contributed by atoms with Gasteiger partial charge in [0.1, 0.15) is 12.4 Å². The van der Waals surface area contributed by atoms with Gasteiger partial charge in [-0.1, -0.05) is 46.8 Å². The average molecular weight is 384 g/mol. The maximum atomic E-state index is 12.0. The van der Waals surface area contributed by atoms with Gasteiger partial charge in [-0.05, 0) is 42.0 Å². The molecule has 0 unspecified atom stereocenters. The number of carbonyl (C=O) groups is 1. The second kappa shape index (κ2) is 7.27. The summed E-state index contributed by atoms with van der Waals surface area (Å²) in [5.41, 5.74) is 1.85. The number of carbonyl (C=O) groups excluding carboxylic acids is 1. The summed E-state index contributed by atoms with van der Waals surface area (Å²) in [6.45, 7) is 4.06. The van der Waals surface area contributed by atoms with Gasteiger partial charge in [0.2, 0.25) is 5.90 Å². The van der Waals surface area contributed by atoms with E-state index in [-0.39, 0.29) is 5.70 Å². The van der Waals surface area contributed by atoms with E-state index in [4.69, 9.17) is 9.47 Å². The first kappa shape index (κ1) is 16.2. The molecule has 0 bridgehead atoms. The molecule has 0 fully saturated rings. The van der Waals surface area contributed by atoms with Crippen LogP contribution in [0.15, 0.2) is 76.3 Å². The molecule has 4 nitrogen and oxygen atoms in total. The van der Waals surface area contributed by atoms with Crippen molar-refractivity contribution in [3.8, 4) is 5.75 Å². The molecule has 0 radical (unpaired) electrons. The molecule has 0 atom stereocenters. The van der Waals surface area contributed by atoms with Crippen LogP contribution < -0.4 is 4.74 Å². The van der Waals surface area contributed by atoms with E-state index in [1.54, 1.807) is 12.2 Å². The molecule has 0 spiro atoms. The van der Waals surface area contributed by atoms with Crippen molar-refractivity contribution in [3.05, 3.63) is 82.5 Å². The van der Waals surface area contributed by atoms with E-state index in [0.717, 1.165) is 21.3 Å². The predicted molar refractivity (Wildman–Crippen MR) is 96.9 cm³/mol. The number of cyclic esters (lactones) is 1. The van der Waals surface area contributed by atoms with E-state index in [0.29, 0.717) is 12.5 Å². The number of nitrogens with zero attached hydrogens (tertiary/aromatic N) is 1. The smallest absolute Gasteiger partial charge is 0.363 e. The molecule has 0 aromatic heterocycles. The normalized spacial score (nSPS) is 15.1. The zero-order valence-electron chi connectivity index (χ0n) is 12.7. The maximum absolute atomic E-state index is 12.0. The van der Waals surface area contributed by atoms with Crippen LogP contribution in [0.1, 0.15) is 11.1 Å². The Kier molecular flexibility index (Phi) is 4.91. The van der Waals surface area contributed by atoms with Gasteiger partial charge >= 0.3 is 5.97 Å². The molecule has 1 heterocycles. The number of esters is 1. The van der Waals surface area contributed by atoms with Crippen LogP contribution in [0.3, 0.4) is 0 Å². The lowest BCUT2D eigenvalue weighted by Gasteiger charge is -2.02. The highest BCUT2D eigenvalue weighted by Crippen LogP contribution is 2.22. The Bertz CT molecular complexity index is 838. The number of benzene rings is 2. The van der Waals surface area contributed by atoms with Gasteiger partial charge in [-0.3, -0.25) is 0 Å². The number of hydrogen-bond acceptors (Lipinski definition) is 4. The van der Waals surface area contributed by atoms with Gasteiger partial charge in [-0.2, -0.15) is 0 Å². The third-order valence-corrected chi connectivity index (χ3v) is 3.74. The Hall–Kier alpha value is -2.66. The molecule has 24 heavy (non-hydrogen) atoms. The largest absolute Gasteiger partial charge is 0.490 e. The van der Waals surface area contributed by atoms with Crippen LogP contribution in [-0.4, -0.2) is 18.5 Å². The molecule has 1 aliphatic heterocycles. The van der Waals surface area contributed by atoms with Crippen molar-refractivity contribution in [1.29, 1.82) is 0 Å². The first-order valence-electron chi connectivity index (χ1n) is 7.28. The third kappa shape index (κ3) is 3.81. The summed E-state index contributed by atoms with van der Waals surface area (Å²) >= 11 is 3.39. The summed E-state index contributed by atoms with van der Waals surface area (Å²) in [5, 5.41) is 0. The fourth-order valence-electron chi connectivity index (χ4n) is 2.13. The number of ether oxygens (including phenoxy) is 2. The molecule has 2 aromatic rings. The van der Waals surface area contributed by atoms with Gasteiger partial charge in [-0.25, -0.2) is 9.79 Å². The molecule has 0 saturated carbocycles. The molecule has 1 aliphatic rings. The van der Waals surface area contributed by atoms with Crippen molar-refractivity contribution < 1.29 is 14.3 Å². The van der Waals surface area contributed by atoms with Crippen LogP contribution in [0, 0.1) is 0 Å². The zero-order chi connectivity index (χ0) is 16.9. The molecule has 0 saturated heterocycles. The van der Waals surface area contributed by atoms with E-state index in [1.807, 2.05) is 48.5 Å². The van der Waals surface area contributed by atoms with Crippen molar-refractivity contribution >= 4 is 33.9 Å². The van der Waals surface area contributed by atoms with Gasteiger partial charge in [0.05, 0.1) is 0 Å². The van der Waals surface area contributed by atoms with Crippen LogP contribution >= 0.6 is 15.9 Å². The Morgan fingerprint density at radius 3 is 2.71 bits per heavy atom. The average Bonchev–Trinajstić information content (AvgIpc) is 2.95. The molecule has 120 valence electrons. The SMILES string of the molecule is C=CCOc1ccc(C=C2N=C(c3cccc(Br)c3)OC2=O)cc1. The summed E-state index contributed by atoms with van der Waals surface area (Å²) in [4.78, 5) is 16.3. The number of hydrogen-bond donors (Lipinski definition) is 0. The molecule has 3 rings (SSSR count). The van der Waals surface area contributed by atoms with Gasteiger partial charge in [0, 0.05) is 10.0 Å². The summed E-state index contributed by atoms with van der Waals surface area (Å²) in [6.07, 6.45) is 3.37. The molecule has 2 aromatic carbocycles. The lowest BCUT2D eigenvalue weighted by atomic mass is 10.2. The molecule has 5 heteroatoms. The van der Waals surface area contributed by atoms with E-state index in [9.17, 15) is 4.79 Å². The Morgan fingerprint density at radius 1 is 1.21 bits per heavy atom. The van der Waals surface area contributed by atoms with Crippen LogP contribution in [-0.2, 0) is 9.53 Å². The second-order valence-electron chi connectivity index (χ2n) is 5.02. The van der Waals surface area contributed by atoms with E-state index < -0.39 is 5.97 Å². The zero-order valence-corrected chi connectivity index (χ0v) is 14.3. The monoisotopic (exact) mass is 383 g/mol. The Morgan fingerprint density at radius 2 is 2.00 bits per heavy atom. The first-order chi connectivity index (χ1) is 11.7. The van der Waals surface area contributed by atoms with Crippen LogP contribution in [0.2, 0.25) is 0 Å². The van der Waals surface area contributed by atoms with E-state index in [1.165, 1.54) is 0 Å². The summed E-state index contributed by atoms with van der Waals surface area (Å²) in [7, 11) is 0. The topological polar surface area (TPSA) is 47.9 Å². The molecular formula is C19H14BrNO3. The van der Waals surface area contributed by atoms with Crippen LogP contribution in [0.25, 0.3) is 6.08 Å². The van der Waals surface area contributed by atoms with Crippen molar-refractivity contribution in [2.45, 2.75) is 0 Å². The van der Waals surface area contributed by atoms with Crippen LogP contribution in [0.5, 0.6) is 5.75 Å². The minimum absolute atomic E-state index is 0.268. The fourth-order valence-corrected chi connectivity index (χ4v) is 2.53. The maximum Gasteiger partial charge on any atom is 0.363 e. The lowest BCUT2D eigenvalue weighted by Crippen LogP contribution is -2.05. The Balaban J connectivity index is 1.82. The lowest BCUT2D eigenvalue weighted by molar-refractivity contribution is -0.129. The van der Waals surface area contributed by atoms with E-state index in [2.05, 4.69) is 27.5 Å². The first-order valence-corrected chi connectivity index (χ1v) is 8.07.